The summed E-state index contributed by atoms with van der Waals surface area (Å²) in [4.78, 5) is 14.7. The molecule has 19 heavy (non-hydrogen) atoms. The number of amides is 1. The lowest BCUT2D eigenvalue weighted by Crippen LogP contribution is -2.57. The summed E-state index contributed by atoms with van der Waals surface area (Å²) >= 11 is 0. The van der Waals surface area contributed by atoms with Crippen molar-refractivity contribution >= 4 is 5.91 Å². The topological polar surface area (TPSA) is 58.4 Å². The van der Waals surface area contributed by atoms with Crippen LogP contribution in [0.3, 0.4) is 0 Å². The van der Waals surface area contributed by atoms with Gasteiger partial charge in [-0.1, -0.05) is 19.8 Å². The van der Waals surface area contributed by atoms with Crippen LogP contribution in [0.15, 0.2) is 0 Å². The SMILES string of the molecule is CC1CCCC(N)(C(=O)NCC2CCCN(C)C2)C1. The van der Waals surface area contributed by atoms with Crippen LogP contribution in [-0.2, 0) is 4.79 Å². The first-order valence-electron chi connectivity index (χ1n) is 7.75. The van der Waals surface area contributed by atoms with E-state index in [-0.39, 0.29) is 5.91 Å². The standard InChI is InChI=1S/C15H29N3O/c1-12-5-3-7-15(16,9-12)14(19)17-10-13-6-4-8-18(2)11-13/h12-13H,3-11,16H2,1-2H3,(H,17,19). The number of nitrogens with two attached hydrogens (primary N) is 1. The Bertz CT molecular complexity index is 321. The number of nitrogens with one attached hydrogen (secondary N) is 1. The lowest BCUT2D eigenvalue weighted by atomic mass is 9.76. The zero-order valence-electron chi connectivity index (χ0n) is 12.5. The number of rotatable bonds is 3. The van der Waals surface area contributed by atoms with Crippen LogP contribution in [0.5, 0.6) is 0 Å². The fraction of sp³-hybridized carbons (Fsp3) is 0.933. The molecule has 1 saturated carbocycles. The van der Waals surface area contributed by atoms with Gasteiger partial charge in [-0.25, -0.2) is 0 Å². The minimum atomic E-state index is -0.613. The Hall–Kier alpha value is -0.610. The van der Waals surface area contributed by atoms with Crippen LogP contribution in [0.2, 0.25) is 0 Å². The van der Waals surface area contributed by atoms with E-state index in [1.54, 1.807) is 0 Å². The van der Waals surface area contributed by atoms with Gasteiger partial charge in [-0.05, 0) is 51.1 Å². The Balaban J connectivity index is 1.80. The smallest absolute Gasteiger partial charge is 0.240 e. The predicted molar refractivity (Wildman–Crippen MR) is 77.8 cm³/mol. The van der Waals surface area contributed by atoms with Crippen molar-refractivity contribution in [2.24, 2.45) is 17.6 Å². The van der Waals surface area contributed by atoms with Gasteiger partial charge in [0, 0.05) is 13.1 Å². The minimum absolute atomic E-state index is 0.0762. The van der Waals surface area contributed by atoms with Crippen LogP contribution in [0.1, 0.15) is 45.4 Å². The van der Waals surface area contributed by atoms with Gasteiger partial charge in [-0.15, -0.1) is 0 Å². The number of carbonyl (C=O) groups excluding carboxylic acids is 1. The molecule has 0 radical (unpaired) electrons. The van der Waals surface area contributed by atoms with E-state index in [4.69, 9.17) is 5.73 Å². The van der Waals surface area contributed by atoms with Crippen molar-refractivity contribution in [3.8, 4) is 0 Å². The molecule has 0 bridgehead atoms. The van der Waals surface area contributed by atoms with Crippen LogP contribution in [0.25, 0.3) is 0 Å². The molecule has 3 N–H and O–H groups in total. The normalized spacial score (nSPS) is 37.0. The molecule has 1 aliphatic heterocycles. The van der Waals surface area contributed by atoms with Crippen molar-refractivity contribution in [2.75, 3.05) is 26.7 Å². The summed E-state index contributed by atoms with van der Waals surface area (Å²) in [7, 11) is 2.15. The maximum atomic E-state index is 12.3. The first kappa shape index (κ1) is 14.8. The molecule has 1 aliphatic carbocycles. The molecule has 3 atom stereocenters. The zero-order valence-corrected chi connectivity index (χ0v) is 12.5. The van der Waals surface area contributed by atoms with E-state index in [1.807, 2.05) is 0 Å². The zero-order chi connectivity index (χ0) is 13.9. The van der Waals surface area contributed by atoms with Gasteiger partial charge in [-0.3, -0.25) is 4.79 Å². The van der Waals surface area contributed by atoms with Crippen LogP contribution in [-0.4, -0.2) is 43.0 Å². The molecule has 2 aliphatic rings. The third-order valence-electron chi connectivity index (χ3n) is 4.76. The molecule has 0 aromatic rings. The van der Waals surface area contributed by atoms with Gasteiger partial charge >= 0.3 is 0 Å². The molecule has 1 amide bonds. The van der Waals surface area contributed by atoms with Crippen molar-refractivity contribution in [1.29, 1.82) is 0 Å². The molecule has 3 unspecified atom stereocenters. The van der Waals surface area contributed by atoms with Crippen LogP contribution < -0.4 is 11.1 Å². The van der Waals surface area contributed by atoms with E-state index in [0.717, 1.165) is 32.4 Å². The largest absolute Gasteiger partial charge is 0.354 e. The molecule has 2 rings (SSSR count). The number of hydrogen-bond donors (Lipinski definition) is 2. The monoisotopic (exact) mass is 267 g/mol. The van der Waals surface area contributed by atoms with Crippen molar-refractivity contribution in [2.45, 2.75) is 51.0 Å². The summed E-state index contributed by atoms with van der Waals surface area (Å²) in [5.74, 6) is 1.24. The van der Waals surface area contributed by atoms with Gasteiger partial charge in [0.1, 0.15) is 0 Å². The Labute approximate surface area is 117 Å². The number of carbonyl (C=O) groups is 1. The summed E-state index contributed by atoms with van der Waals surface area (Å²) in [6, 6.07) is 0. The molecule has 1 heterocycles. The quantitative estimate of drug-likeness (QED) is 0.811. The summed E-state index contributed by atoms with van der Waals surface area (Å²) in [5, 5.41) is 3.11. The summed E-state index contributed by atoms with van der Waals surface area (Å²) in [5.41, 5.74) is 5.70. The van der Waals surface area contributed by atoms with E-state index in [1.165, 1.54) is 25.8 Å². The molecule has 0 spiro atoms. The van der Waals surface area contributed by atoms with Crippen LogP contribution in [0.4, 0.5) is 0 Å². The molecule has 4 nitrogen and oxygen atoms in total. The fourth-order valence-electron chi connectivity index (χ4n) is 3.65. The minimum Gasteiger partial charge on any atom is -0.354 e. The van der Waals surface area contributed by atoms with Gasteiger partial charge in [0.05, 0.1) is 5.54 Å². The second-order valence-corrected chi connectivity index (χ2v) is 6.84. The molecule has 0 aromatic heterocycles. The molecular weight excluding hydrogens is 238 g/mol. The van der Waals surface area contributed by atoms with Crippen LogP contribution in [0, 0.1) is 11.8 Å². The second-order valence-electron chi connectivity index (χ2n) is 6.84. The Morgan fingerprint density at radius 3 is 2.89 bits per heavy atom. The van der Waals surface area contributed by atoms with E-state index in [0.29, 0.717) is 11.8 Å². The number of likely N-dealkylation sites (tertiary alicyclic amines) is 1. The maximum Gasteiger partial charge on any atom is 0.240 e. The average molecular weight is 267 g/mol. The van der Waals surface area contributed by atoms with Gasteiger partial charge in [-0.2, -0.15) is 0 Å². The fourth-order valence-corrected chi connectivity index (χ4v) is 3.65. The van der Waals surface area contributed by atoms with Crippen molar-refractivity contribution in [3.63, 3.8) is 0 Å². The highest BCUT2D eigenvalue weighted by molar-refractivity contribution is 5.86. The summed E-state index contributed by atoms with van der Waals surface area (Å²) in [6.45, 7) is 5.26. The van der Waals surface area contributed by atoms with Crippen molar-refractivity contribution < 1.29 is 4.79 Å². The molecule has 2 fully saturated rings. The number of hydrogen-bond acceptors (Lipinski definition) is 3. The van der Waals surface area contributed by atoms with Gasteiger partial charge in [0.25, 0.3) is 0 Å². The highest BCUT2D eigenvalue weighted by Crippen LogP contribution is 2.30. The Morgan fingerprint density at radius 1 is 1.42 bits per heavy atom. The van der Waals surface area contributed by atoms with Gasteiger partial charge in [0.2, 0.25) is 5.91 Å². The van der Waals surface area contributed by atoms with Gasteiger partial charge < -0.3 is 16.0 Å². The molecule has 4 heteroatoms. The highest BCUT2D eigenvalue weighted by Gasteiger charge is 2.38. The van der Waals surface area contributed by atoms with E-state index < -0.39 is 5.54 Å². The Morgan fingerprint density at radius 2 is 2.21 bits per heavy atom. The first-order valence-corrected chi connectivity index (χ1v) is 7.75. The van der Waals surface area contributed by atoms with E-state index in [2.05, 4.69) is 24.2 Å². The number of piperidine rings is 1. The number of nitrogens with zero attached hydrogens (tertiary/aromatic N) is 1. The first-order chi connectivity index (χ1) is 8.99. The average Bonchev–Trinajstić information content (AvgIpc) is 2.35. The maximum absolute atomic E-state index is 12.3. The molecule has 110 valence electrons. The van der Waals surface area contributed by atoms with Crippen molar-refractivity contribution in [3.05, 3.63) is 0 Å². The molecule has 0 aromatic carbocycles. The van der Waals surface area contributed by atoms with E-state index in [9.17, 15) is 4.79 Å². The lowest BCUT2D eigenvalue weighted by Gasteiger charge is -2.36. The Kier molecular flexibility index (Phi) is 4.85. The van der Waals surface area contributed by atoms with Crippen LogP contribution >= 0.6 is 0 Å². The predicted octanol–water partition coefficient (Wildman–Crippen LogP) is 1.35. The summed E-state index contributed by atoms with van der Waals surface area (Å²) in [6.07, 6.45) is 6.43. The second kappa shape index (κ2) is 6.23. The van der Waals surface area contributed by atoms with Crippen molar-refractivity contribution in [1.82, 2.24) is 10.2 Å². The third kappa shape index (κ3) is 3.93. The van der Waals surface area contributed by atoms with Gasteiger partial charge in [0.15, 0.2) is 0 Å². The third-order valence-corrected chi connectivity index (χ3v) is 4.76. The molecular formula is C15H29N3O. The molecule has 1 saturated heterocycles. The lowest BCUT2D eigenvalue weighted by molar-refractivity contribution is -0.128. The van der Waals surface area contributed by atoms with E-state index >= 15 is 0 Å². The summed E-state index contributed by atoms with van der Waals surface area (Å²) < 4.78 is 0. The highest BCUT2D eigenvalue weighted by atomic mass is 16.2.